The molecule has 1 aromatic carbocycles. The Hall–Kier alpha value is -3.21. The smallest absolute Gasteiger partial charge is 0.423 e. The first-order valence-corrected chi connectivity index (χ1v) is 10.5. The molecular weight excluding hydrogens is 411 g/mol. The number of rotatable bonds is 6. The molecule has 0 atom stereocenters. The molecule has 0 saturated carbocycles. The number of aromatic nitrogens is 1. The predicted molar refractivity (Wildman–Crippen MR) is 123 cm³/mol. The minimum atomic E-state index is -1.66. The third-order valence-electron chi connectivity index (χ3n) is 6.21. The molecule has 1 aliphatic rings. The van der Waals surface area contributed by atoms with Crippen LogP contribution < -0.4 is 10.4 Å². The summed E-state index contributed by atoms with van der Waals surface area (Å²) < 4.78 is 1.60. The summed E-state index contributed by atoms with van der Waals surface area (Å²) in [6.07, 6.45) is 3.45. The van der Waals surface area contributed by atoms with Gasteiger partial charge in [0, 0.05) is 47.9 Å². The van der Waals surface area contributed by atoms with Crippen LogP contribution >= 0.6 is 0 Å². The van der Waals surface area contributed by atoms with Crippen LogP contribution in [0, 0.1) is 10.1 Å². The number of pyridine rings is 1. The highest BCUT2D eigenvalue weighted by molar-refractivity contribution is 6.61. The van der Waals surface area contributed by atoms with E-state index in [1.54, 1.807) is 40.9 Å². The number of hydrogen-bond acceptors (Lipinski definition) is 7. The van der Waals surface area contributed by atoms with Crippen LogP contribution in [-0.4, -0.2) is 70.4 Å². The predicted octanol–water partition coefficient (Wildman–Crippen LogP) is 1.29. The summed E-state index contributed by atoms with van der Waals surface area (Å²) in [6, 6.07) is 11.4. The molecule has 4 rings (SSSR count). The van der Waals surface area contributed by atoms with E-state index in [1.165, 1.54) is 12.1 Å². The van der Waals surface area contributed by atoms with Crippen molar-refractivity contribution in [2.75, 3.05) is 32.1 Å². The molecule has 0 aliphatic carbocycles. The van der Waals surface area contributed by atoms with Crippen molar-refractivity contribution in [2.24, 2.45) is 0 Å². The molecule has 0 unspecified atom stereocenters. The zero-order chi connectivity index (χ0) is 23.0. The van der Waals surface area contributed by atoms with Crippen LogP contribution in [0.25, 0.3) is 5.52 Å². The summed E-state index contributed by atoms with van der Waals surface area (Å²) in [5.41, 5.74) is 1.92. The van der Waals surface area contributed by atoms with Gasteiger partial charge in [0.05, 0.1) is 10.6 Å². The number of fused-ring (bicyclic) bond motifs is 1. The van der Waals surface area contributed by atoms with E-state index < -0.39 is 12.0 Å². The Balaban J connectivity index is 1.70. The lowest BCUT2D eigenvalue weighted by Gasteiger charge is -2.36. The van der Waals surface area contributed by atoms with Crippen LogP contribution in [0.5, 0.6) is 0 Å². The molecule has 9 nitrogen and oxygen atoms in total. The number of nitro groups is 1. The third kappa shape index (κ3) is 4.00. The first-order valence-electron chi connectivity index (χ1n) is 10.5. The van der Waals surface area contributed by atoms with E-state index in [0.717, 1.165) is 12.8 Å². The third-order valence-corrected chi connectivity index (χ3v) is 6.21. The van der Waals surface area contributed by atoms with E-state index in [1.807, 2.05) is 19.0 Å². The molecular formula is C22H25BN4O5. The minimum absolute atomic E-state index is 0.0180. The van der Waals surface area contributed by atoms with Crippen LogP contribution in [0.1, 0.15) is 28.9 Å². The number of carbonyl (C=O) groups is 1. The van der Waals surface area contributed by atoms with Gasteiger partial charge < -0.3 is 24.2 Å². The largest absolute Gasteiger partial charge is 0.490 e. The van der Waals surface area contributed by atoms with Crippen molar-refractivity contribution in [3.05, 3.63) is 70.0 Å². The molecule has 1 saturated heterocycles. The molecule has 2 N–H and O–H groups in total. The molecule has 3 aromatic rings. The molecule has 0 spiro atoms. The lowest BCUT2D eigenvalue weighted by atomic mass is 9.80. The summed E-state index contributed by atoms with van der Waals surface area (Å²) >= 11 is 0. The fourth-order valence-electron chi connectivity index (χ4n) is 4.41. The molecule has 1 fully saturated rings. The van der Waals surface area contributed by atoms with Crippen LogP contribution in [-0.2, 0) is 0 Å². The van der Waals surface area contributed by atoms with Gasteiger partial charge in [0.15, 0.2) is 0 Å². The van der Waals surface area contributed by atoms with Gasteiger partial charge in [-0.2, -0.15) is 0 Å². The average molecular weight is 436 g/mol. The van der Waals surface area contributed by atoms with Crippen molar-refractivity contribution >= 4 is 35.3 Å². The Kier molecular flexibility index (Phi) is 6.01. The van der Waals surface area contributed by atoms with Gasteiger partial charge in [-0.1, -0.05) is 6.07 Å². The number of hydrogen-bond donors (Lipinski definition) is 2. The van der Waals surface area contributed by atoms with Gasteiger partial charge in [-0.25, -0.2) is 0 Å². The lowest BCUT2D eigenvalue weighted by molar-refractivity contribution is -0.384. The van der Waals surface area contributed by atoms with E-state index in [-0.39, 0.29) is 11.5 Å². The van der Waals surface area contributed by atoms with Gasteiger partial charge in [0.25, 0.3) is 5.69 Å². The maximum atomic E-state index is 13.3. The van der Waals surface area contributed by atoms with Crippen molar-refractivity contribution in [3.63, 3.8) is 0 Å². The first-order chi connectivity index (χ1) is 15.3. The number of ketones is 1. The van der Waals surface area contributed by atoms with Gasteiger partial charge in [-0.15, -0.1) is 0 Å². The molecule has 1 aliphatic heterocycles. The quantitative estimate of drug-likeness (QED) is 0.259. The molecule has 10 heteroatoms. The molecule has 0 radical (unpaired) electrons. The van der Waals surface area contributed by atoms with E-state index in [0.29, 0.717) is 47.1 Å². The van der Waals surface area contributed by atoms with E-state index >= 15 is 0 Å². The number of nitrogens with zero attached hydrogens (tertiary/aromatic N) is 4. The molecule has 166 valence electrons. The normalized spacial score (nSPS) is 14.8. The van der Waals surface area contributed by atoms with Gasteiger partial charge in [-0.05, 0) is 57.3 Å². The Labute approximate surface area is 185 Å². The van der Waals surface area contributed by atoms with Gasteiger partial charge in [-0.3, -0.25) is 14.9 Å². The highest BCUT2D eigenvalue weighted by Crippen LogP contribution is 2.32. The fourth-order valence-corrected chi connectivity index (χ4v) is 4.41. The average Bonchev–Trinajstić information content (AvgIpc) is 3.22. The topological polar surface area (TPSA) is 112 Å². The fraction of sp³-hybridized carbons (Fsp3) is 0.318. The highest BCUT2D eigenvalue weighted by atomic mass is 16.6. The number of nitro benzene ring substituents is 1. The lowest BCUT2D eigenvalue weighted by Crippen LogP contribution is -2.42. The summed E-state index contributed by atoms with van der Waals surface area (Å²) in [6.45, 7) is 1.35. The van der Waals surface area contributed by atoms with Crippen molar-refractivity contribution < 1.29 is 19.8 Å². The summed E-state index contributed by atoms with van der Waals surface area (Å²) in [5, 5.41) is 30.8. The van der Waals surface area contributed by atoms with Crippen LogP contribution in [0.4, 0.5) is 11.4 Å². The van der Waals surface area contributed by atoms with Crippen LogP contribution in [0.2, 0.25) is 0 Å². The molecule has 0 amide bonds. The Morgan fingerprint density at radius 2 is 1.88 bits per heavy atom. The minimum Gasteiger partial charge on any atom is -0.423 e. The highest BCUT2D eigenvalue weighted by Gasteiger charge is 2.27. The summed E-state index contributed by atoms with van der Waals surface area (Å²) in [5.74, 6) is -0.297. The number of carbonyl (C=O) groups excluding carboxylic acids is 1. The zero-order valence-electron chi connectivity index (χ0n) is 18.0. The SMILES string of the molecule is CN(C)C1CCN(c2cc(C(=O)c3ccc4c(B(O)O)cccn34)ccc2[N+](=O)[O-])CC1. The van der Waals surface area contributed by atoms with E-state index in [9.17, 15) is 25.0 Å². The second-order valence-corrected chi connectivity index (χ2v) is 8.28. The standard InChI is InChI=1S/C22H25BN4O5/c1-24(2)16-9-12-25(13-10-16)21-14-15(5-6-19(21)27(31)32)22(28)20-8-7-18-17(23(29)30)4-3-11-26(18)20/h3-8,11,14,16,29-30H,9-10,12-13H2,1-2H3. The number of piperidine rings is 1. The maximum Gasteiger partial charge on any atom is 0.490 e. The van der Waals surface area contributed by atoms with Crippen LogP contribution in [0.3, 0.4) is 0 Å². The first kappa shape index (κ1) is 22.0. The Morgan fingerprint density at radius 1 is 1.16 bits per heavy atom. The van der Waals surface area contributed by atoms with E-state index in [4.69, 9.17) is 0 Å². The summed E-state index contributed by atoms with van der Waals surface area (Å²) in [4.78, 5) is 28.7. The molecule has 3 heterocycles. The second-order valence-electron chi connectivity index (χ2n) is 8.28. The van der Waals surface area contributed by atoms with Crippen LogP contribution in [0.15, 0.2) is 48.7 Å². The summed E-state index contributed by atoms with van der Waals surface area (Å²) in [7, 11) is 2.41. The van der Waals surface area contributed by atoms with Gasteiger partial charge in [0.2, 0.25) is 5.78 Å². The monoisotopic (exact) mass is 436 g/mol. The van der Waals surface area contributed by atoms with Crippen molar-refractivity contribution in [3.8, 4) is 0 Å². The Morgan fingerprint density at radius 3 is 2.50 bits per heavy atom. The van der Waals surface area contributed by atoms with Gasteiger partial charge >= 0.3 is 7.12 Å². The number of benzene rings is 1. The molecule has 2 aromatic heterocycles. The number of anilines is 1. The maximum absolute atomic E-state index is 13.3. The van der Waals surface area contributed by atoms with Crippen molar-refractivity contribution in [1.29, 1.82) is 0 Å². The van der Waals surface area contributed by atoms with Crippen molar-refractivity contribution in [2.45, 2.75) is 18.9 Å². The van der Waals surface area contributed by atoms with E-state index in [2.05, 4.69) is 4.90 Å². The second kappa shape index (κ2) is 8.74. The van der Waals surface area contributed by atoms with Crippen molar-refractivity contribution in [1.82, 2.24) is 9.30 Å². The van der Waals surface area contributed by atoms with Gasteiger partial charge in [0.1, 0.15) is 5.69 Å². The molecule has 32 heavy (non-hydrogen) atoms. The zero-order valence-corrected chi connectivity index (χ0v) is 18.0. The Bertz CT molecular complexity index is 1170. The molecule has 0 bridgehead atoms.